The van der Waals surface area contributed by atoms with Crippen molar-refractivity contribution in [3.05, 3.63) is 59.7 Å². The van der Waals surface area contributed by atoms with Crippen LogP contribution < -0.4 is 5.32 Å². The second-order valence-corrected chi connectivity index (χ2v) is 11.3. The van der Waals surface area contributed by atoms with Gasteiger partial charge in [-0.05, 0) is 28.7 Å². The zero-order valence-corrected chi connectivity index (χ0v) is 28.4. The van der Waals surface area contributed by atoms with Crippen LogP contribution in [0, 0.1) is 0 Å². The Morgan fingerprint density at radius 1 is 0.532 bits per heavy atom. The fraction of sp³-hybridized carbons (Fsp3) is 0.649. The molecule has 0 bridgehead atoms. The monoisotopic (exact) mass is 659 g/mol. The molecule has 0 aliphatic heterocycles. The van der Waals surface area contributed by atoms with Crippen molar-refractivity contribution in [2.75, 3.05) is 106 Å². The molecular formula is C37H57NO9. The van der Waals surface area contributed by atoms with E-state index in [1.54, 1.807) is 0 Å². The molecule has 2 aromatic carbocycles. The highest BCUT2D eigenvalue weighted by Crippen LogP contribution is 2.44. The van der Waals surface area contributed by atoms with Gasteiger partial charge in [0.2, 0.25) is 0 Å². The van der Waals surface area contributed by atoms with Crippen LogP contribution in [0.5, 0.6) is 0 Å². The topological polar surface area (TPSA) is 103 Å². The SMILES string of the molecule is CCCCCCCCOCCOCCOCCOCCOCCOCCOCCNC(=O)OCC1c2ccccc2-c2ccccc21. The number of unbranched alkanes of at least 4 members (excludes halogenated alkanes) is 5. The summed E-state index contributed by atoms with van der Waals surface area (Å²) in [4.78, 5) is 12.2. The summed E-state index contributed by atoms with van der Waals surface area (Å²) in [6.07, 6.45) is 7.22. The molecule has 0 fully saturated rings. The molecule has 0 saturated carbocycles. The molecule has 264 valence electrons. The van der Waals surface area contributed by atoms with E-state index in [0.717, 1.165) is 13.0 Å². The first-order valence-corrected chi connectivity index (χ1v) is 17.4. The first-order valence-electron chi connectivity index (χ1n) is 17.4. The third-order valence-electron chi connectivity index (χ3n) is 7.73. The minimum absolute atomic E-state index is 0.0454. The van der Waals surface area contributed by atoms with Gasteiger partial charge >= 0.3 is 6.09 Å². The van der Waals surface area contributed by atoms with E-state index in [1.165, 1.54) is 54.4 Å². The normalized spacial score (nSPS) is 12.3. The van der Waals surface area contributed by atoms with E-state index in [2.05, 4.69) is 36.5 Å². The fourth-order valence-electron chi connectivity index (χ4n) is 5.28. The lowest BCUT2D eigenvalue weighted by atomic mass is 9.98. The first kappa shape index (κ1) is 38.9. The molecule has 0 spiro atoms. The van der Waals surface area contributed by atoms with Crippen LogP contribution in [-0.2, 0) is 37.9 Å². The van der Waals surface area contributed by atoms with Gasteiger partial charge in [-0.2, -0.15) is 0 Å². The molecule has 1 N–H and O–H groups in total. The number of amides is 1. The Labute approximate surface area is 281 Å². The van der Waals surface area contributed by atoms with Crippen molar-refractivity contribution < 1.29 is 42.7 Å². The van der Waals surface area contributed by atoms with Crippen molar-refractivity contribution in [1.29, 1.82) is 0 Å². The number of alkyl carbamates (subject to hydrolysis) is 1. The van der Waals surface area contributed by atoms with Gasteiger partial charge in [0.1, 0.15) is 6.61 Å². The molecular weight excluding hydrogens is 602 g/mol. The zero-order chi connectivity index (χ0) is 33.0. The number of rotatable bonds is 30. The number of fused-ring (bicyclic) bond motifs is 3. The van der Waals surface area contributed by atoms with E-state index < -0.39 is 6.09 Å². The lowest BCUT2D eigenvalue weighted by Crippen LogP contribution is -2.29. The number of hydrogen-bond acceptors (Lipinski definition) is 9. The van der Waals surface area contributed by atoms with Gasteiger partial charge in [-0.25, -0.2) is 4.79 Å². The van der Waals surface area contributed by atoms with Crippen LogP contribution in [0.1, 0.15) is 62.5 Å². The highest BCUT2D eigenvalue weighted by atomic mass is 16.6. The van der Waals surface area contributed by atoms with Crippen molar-refractivity contribution in [1.82, 2.24) is 5.32 Å². The van der Waals surface area contributed by atoms with Gasteiger partial charge in [-0.3, -0.25) is 0 Å². The molecule has 10 heteroatoms. The summed E-state index contributed by atoms with van der Waals surface area (Å²) in [5.41, 5.74) is 4.80. The first-order chi connectivity index (χ1) is 23.3. The summed E-state index contributed by atoms with van der Waals surface area (Å²) in [6, 6.07) is 16.6. The van der Waals surface area contributed by atoms with Gasteiger partial charge in [-0.1, -0.05) is 87.6 Å². The van der Waals surface area contributed by atoms with Gasteiger partial charge in [-0.15, -0.1) is 0 Å². The van der Waals surface area contributed by atoms with E-state index >= 15 is 0 Å². The van der Waals surface area contributed by atoms with Crippen LogP contribution >= 0.6 is 0 Å². The third-order valence-corrected chi connectivity index (χ3v) is 7.73. The summed E-state index contributed by atoms with van der Waals surface area (Å²) in [7, 11) is 0. The van der Waals surface area contributed by atoms with Crippen molar-refractivity contribution >= 4 is 6.09 Å². The predicted molar refractivity (Wildman–Crippen MR) is 182 cm³/mol. The van der Waals surface area contributed by atoms with Crippen LogP contribution in [0.4, 0.5) is 4.79 Å². The Bertz CT molecular complexity index is 1020. The van der Waals surface area contributed by atoms with Crippen LogP contribution in [0.2, 0.25) is 0 Å². The van der Waals surface area contributed by atoms with Crippen LogP contribution in [0.25, 0.3) is 11.1 Å². The maximum atomic E-state index is 12.2. The molecule has 1 aliphatic rings. The Kier molecular flexibility index (Phi) is 21.8. The minimum Gasteiger partial charge on any atom is -0.449 e. The fourth-order valence-corrected chi connectivity index (χ4v) is 5.28. The Balaban J connectivity index is 0.994. The molecule has 0 heterocycles. The van der Waals surface area contributed by atoms with Crippen LogP contribution in [-0.4, -0.2) is 112 Å². The molecule has 0 saturated heterocycles. The standard InChI is InChI=1S/C37H57NO9/c1-2-3-4-5-6-11-17-40-19-21-42-23-25-44-27-29-46-30-28-45-26-24-43-22-20-41-18-16-38-37(39)47-31-36-34-14-9-7-12-32(34)33-13-8-10-15-35(33)36/h7-10,12-15,36H,2-6,11,16-31H2,1H3,(H,38,39). The number of nitrogens with one attached hydrogen (secondary N) is 1. The van der Waals surface area contributed by atoms with Gasteiger partial charge in [0.25, 0.3) is 0 Å². The summed E-state index contributed by atoms with van der Waals surface area (Å²) in [6.45, 7) is 10.4. The van der Waals surface area contributed by atoms with Crippen molar-refractivity contribution in [3.8, 4) is 11.1 Å². The lowest BCUT2D eigenvalue weighted by Gasteiger charge is -2.14. The van der Waals surface area contributed by atoms with Gasteiger partial charge in [0, 0.05) is 19.1 Å². The molecule has 1 aliphatic carbocycles. The quantitative estimate of drug-likeness (QED) is 0.101. The molecule has 2 aromatic rings. The van der Waals surface area contributed by atoms with Crippen LogP contribution in [0.15, 0.2) is 48.5 Å². The van der Waals surface area contributed by atoms with Crippen molar-refractivity contribution in [2.24, 2.45) is 0 Å². The van der Waals surface area contributed by atoms with Crippen LogP contribution in [0.3, 0.4) is 0 Å². The molecule has 47 heavy (non-hydrogen) atoms. The summed E-state index contributed by atoms with van der Waals surface area (Å²) < 4.78 is 44.2. The van der Waals surface area contributed by atoms with E-state index in [4.69, 9.17) is 37.9 Å². The average molecular weight is 660 g/mol. The summed E-state index contributed by atoms with van der Waals surface area (Å²) in [5.74, 6) is 0.0454. The van der Waals surface area contributed by atoms with Gasteiger partial charge < -0.3 is 43.2 Å². The molecule has 0 aromatic heterocycles. The number of benzene rings is 2. The number of carbonyl (C=O) groups is 1. The highest BCUT2D eigenvalue weighted by Gasteiger charge is 2.28. The number of ether oxygens (including phenoxy) is 8. The summed E-state index contributed by atoms with van der Waals surface area (Å²) in [5, 5.41) is 2.75. The minimum atomic E-state index is -0.444. The predicted octanol–water partition coefficient (Wildman–Crippen LogP) is 6.00. The lowest BCUT2D eigenvalue weighted by molar-refractivity contribution is -0.0204. The Morgan fingerprint density at radius 2 is 0.936 bits per heavy atom. The number of hydrogen-bond donors (Lipinski definition) is 1. The van der Waals surface area contributed by atoms with Crippen molar-refractivity contribution in [3.63, 3.8) is 0 Å². The molecule has 0 atom stereocenters. The maximum Gasteiger partial charge on any atom is 0.407 e. The van der Waals surface area contributed by atoms with E-state index in [-0.39, 0.29) is 5.92 Å². The van der Waals surface area contributed by atoms with Gasteiger partial charge in [0.15, 0.2) is 0 Å². The van der Waals surface area contributed by atoms with E-state index in [9.17, 15) is 4.79 Å². The Hall–Kier alpha value is -2.57. The summed E-state index contributed by atoms with van der Waals surface area (Å²) >= 11 is 0. The molecule has 0 radical (unpaired) electrons. The Morgan fingerprint density at radius 3 is 1.43 bits per heavy atom. The van der Waals surface area contributed by atoms with Gasteiger partial charge in [0.05, 0.1) is 85.9 Å². The van der Waals surface area contributed by atoms with Crippen molar-refractivity contribution in [2.45, 2.75) is 51.4 Å². The average Bonchev–Trinajstić information content (AvgIpc) is 3.42. The molecule has 10 nitrogen and oxygen atoms in total. The molecule has 3 rings (SSSR count). The third kappa shape index (κ3) is 16.9. The molecule has 0 unspecified atom stereocenters. The van der Waals surface area contributed by atoms with E-state index in [0.29, 0.717) is 99.0 Å². The highest BCUT2D eigenvalue weighted by molar-refractivity contribution is 5.79. The molecule has 1 amide bonds. The van der Waals surface area contributed by atoms with E-state index in [1.807, 2.05) is 24.3 Å². The smallest absolute Gasteiger partial charge is 0.407 e. The zero-order valence-electron chi connectivity index (χ0n) is 28.4. The second-order valence-electron chi connectivity index (χ2n) is 11.3. The second kappa shape index (κ2) is 26.4. The number of carbonyl (C=O) groups excluding carboxylic acids is 1. The maximum absolute atomic E-state index is 12.2. The largest absolute Gasteiger partial charge is 0.449 e.